The monoisotopic (exact) mass is 335 g/mol. The van der Waals surface area contributed by atoms with Gasteiger partial charge in [0.2, 0.25) is 5.91 Å². The van der Waals surface area contributed by atoms with Crippen molar-refractivity contribution in [2.24, 2.45) is 5.73 Å². The molecule has 0 bridgehead atoms. The molecule has 0 fully saturated rings. The minimum Gasteiger partial charge on any atom is -0.478 e. The van der Waals surface area contributed by atoms with Gasteiger partial charge in [0.05, 0.1) is 17.6 Å². The van der Waals surface area contributed by atoms with E-state index in [9.17, 15) is 22.8 Å². The SMILES string of the molecule is C=CC(N)=O.CCCOC(=O)C(C=CC(=O)O)=CS(=O)(=O)O. The van der Waals surface area contributed by atoms with Crippen LogP contribution in [-0.2, 0) is 29.2 Å². The first-order chi connectivity index (χ1) is 10.0. The number of rotatable bonds is 7. The minimum atomic E-state index is -4.55. The first kappa shape index (κ1) is 21.8. The van der Waals surface area contributed by atoms with Gasteiger partial charge in [0.1, 0.15) is 0 Å². The number of carbonyl (C=O) groups excluding carboxylic acids is 2. The van der Waals surface area contributed by atoms with Crippen LogP contribution in [0, 0.1) is 0 Å². The van der Waals surface area contributed by atoms with Crippen LogP contribution in [0.2, 0.25) is 0 Å². The summed E-state index contributed by atoms with van der Waals surface area (Å²) in [4.78, 5) is 31.0. The van der Waals surface area contributed by atoms with Crippen LogP contribution in [0.1, 0.15) is 13.3 Å². The van der Waals surface area contributed by atoms with E-state index in [2.05, 4.69) is 17.0 Å². The fraction of sp³-hybridized carbons (Fsp3) is 0.250. The molecule has 0 aliphatic rings. The van der Waals surface area contributed by atoms with Crippen molar-refractivity contribution in [1.29, 1.82) is 0 Å². The molecule has 1 amide bonds. The van der Waals surface area contributed by atoms with Gasteiger partial charge in [-0.05, 0) is 18.6 Å². The summed E-state index contributed by atoms with van der Waals surface area (Å²) in [7, 11) is -4.55. The van der Waals surface area contributed by atoms with Gasteiger partial charge in [-0.1, -0.05) is 13.5 Å². The van der Waals surface area contributed by atoms with Gasteiger partial charge in [-0.15, -0.1) is 0 Å². The average Bonchev–Trinajstić information content (AvgIpc) is 2.39. The van der Waals surface area contributed by atoms with Crippen LogP contribution in [0.15, 0.2) is 35.8 Å². The standard InChI is InChI=1S/C9H12O7S.C3H5NO/c1-2-5-16-9(12)7(3-4-8(10)11)6-17(13,14)15;1-2-3(4)5/h3-4,6H,2,5H2,1H3,(H,10,11)(H,13,14,15);2H,1H2,(H2,4,5). The molecule has 0 aromatic heterocycles. The summed E-state index contributed by atoms with van der Waals surface area (Å²) in [5, 5.41) is 8.57. The lowest BCUT2D eigenvalue weighted by molar-refractivity contribution is -0.138. The van der Waals surface area contributed by atoms with Gasteiger partial charge in [0.15, 0.2) is 0 Å². The van der Waals surface area contributed by atoms with E-state index in [0.29, 0.717) is 12.5 Å². The summed E-state index contributed by atoms with van der Waals surface area (Å²) >= 11 is 0. The molecule has 22 heavy (non-hydrogen) atoms. The van der Waals surface area contributed by atoms with Crippen molar-refractivity contribution in [3.63, 3.8) is 0 Å². The van der Waals surface area contributed by atoms with E-state index in [1.165, 1.54) is 0 Å². The van der Waals surface area contributed by atoms with Gasteiger partial charge in [0, 0.05) is 6.08 Å². The van der Waals surface area contributed by atoms with Crippen molar-refractivity contribution < 1.29 is 37.2 Å². The number of ether oxygens (including phenoxy) is 1. The van der Waals surface area contributed by atoms with Gasteiger partial charge in [-0.2, -0.15) is 8.42 Å². The number of amides is 1. The molecule has 0 aliphatic carbocycles. The first-order valence-corrected chi connectivity index (χ1v) is 7.23. The fourth-order valence-corrected chi connectivity index (χ4v) is 1.25. The topological polar surface area (TPSA) is 161 Å². The van der Waals surface area contributed by atoms with Crippen LogP contribution in [0.4, 0.5) is 0 Å². The molecule has 0 radical (unpaired) electrons. The van der Waals surface area contributed by atoms with Crippen LogP contribution in [0.3, 0.4) is 0 Å². The molecule has 9 nitrogen and oxygen atoms in total. The highest BCUT2D eigenvalue weighted by Crippen LogP contribution is 2.04. The van der Waals surface area contributed by atoms with Gasteiger partial charge < -0.3 is 15.6 Å². The third-order valence-electron chi connectivity index (χ3n) is 1.56. The number of hydrogen-bond acceptors (Lipinski definition) is 6. The van der Waals surface area contributed by atoms with E-state index in [-0.39, 0.29) is 12.0 Å². The highest BCUT2D eigenvalue weighted by atomic mass is 32.2. The maximum atomic E-state index is 11.3. The highest BCUT2D eigenvalue weighted by molar-refractivity contribution is 7.88. The van der Waals surface area contributed by atoms with E-state index < -0.39 is 33.5 Å². The number of esters is 1. The number of hydrogen-bond donors (Lipinski definition) is 3. The molecule has 124 valence electrons. The van der Waals surface area contributed by atoms with Crippen molar-refractivity contribution in [3.05, 3.63) is 35.8 Å². The molecule has 0 saturated heterocycles. The quantitative estimate of drug-likeness (QED) is 0.254. The fourth-order valence-electron chi connectivity index (χ4n) is 0.755. The second-order valence-corrected chi connectivity index (χ2v) is 4.77. The van der Waals surface area contributed by atoms with Crippen molar-refractivity contribution in [3.8, 4) is 0 Å². The molecular formula is C12H17NO8S. The van der Waals surface area contributed by atoms with E-state index in [1.54, 1.807) is 6.92 Å². The Kier molecular flexibility index (Phi) is 11.1. The van der Waals surface area contributed by atoms with Crippen LogP contribution in [0.25, 0.3) is 0 Å². The summed E-state index contributed by atoms with van der Waals surface area (Å²) < 4.78 is 34.2. The summed E-state index contributed by atoms with van der Waals surface area (Å²) in [6, 6.07) is 0. The van der Waals surface area contributed by atoms with Crippen LogP contribution in [-0.4, -0.2) is 42.5 Å². The van der Waals surface area contributed by atoms with Crippen molar-refractivity contribution >= 4 is 28.0 Å². The number of aliphatic carboxylic acids is 1. The van der Waals surface area contributed by atoms with Crippen molar-refractivity contribution in [2.45, 2.75) is 13.3 Å². The van der Waals surface area contributed by atoms with Gasteiger partial charge in [0.25, 0.3) is 10.1 Å². The van der Waals surface area contributed by atoms with E-state index in [0.717, 1.165) is 12.2 Å². The molecular weight excluding hydrogens is 318 g/mol. The molecule has 0 aromatic rings. The first-order valence-electron chi connectivity index (χ1n) is 5.72. The van der Waals surface area contributed by atoms with Crippen molar-refractivity contribution in [1.82, 2.24) is 0 Å². The van der Waals surface area contributed by atoms with E-state index in [4.69, 9.17) is 9.66 Å². The Morgan fingerprint density at radius 1 is 1.27 bits per heavy atom. The smallest absolute Gasteiger partial charge is 0.338 e. The summed E-state index contributed by atoms with van der Waals surface area (Å²) in [5.41, 5.74) is 3.97. The Balaban J connectivity index is 0. The second kappa shape index (κ2) is 11.2. The lowest BCUT2D eigenvalue weighted by atomic mass is 10.3. The van der Waals surface area contributed by atoms with Gasteiger partial charge >= 0.3 is 11.9 Å². The minimum absolute atomic E-state index is 0.0581. The number of primary amides is 1. The predicted molar refractivity (Wildman–Crippen MR) is 77.0 cm³/mol. The molecule has 0 rings (SSSR count). The largest absolute Gasteiger partial charge is 0.478 e. The molecule has 0 atom stereocenters. The van der Waals surface area contributed by atoms with Crippen LogP contribution >= 0.6 is 0 Å². The average molecular weight is 335 g/mol. The second-order valence-electron chi connectivity index (χ2n) is 3.50. The molecule has 10 heteroatoms. The molecule has 0 heterocycles. The molecule has 0 saturated carbocycles. The number of nitrogens with two attached hydrogens (primary N) is 1. The normalized spacial score (nSPS) is 11.3. The van der Waals surface area contributed by atoms with E-state index >= 15 is 0 Å². The Morgan fingerprint density at radius 3 is 2.09 bits per heavy atom. The zero-order valence-electron chi connectivity index (χ0n) is 11.8. The Hall–Kier alpha value is -2.46. The Morgan fingerprint density at radius 2 is 1.77 bits per heavy atom. The Labute approximate surface area is 127 Å². The number of carbonyl (C=O) groups is 3. The summed E-state index contributed by atoms with van der Waals surface area (Å²) in [6.45, 7) is 4.87. The molecule has 0 aliphatic heterocycles. The highest BCUT2D eigenvalue weighted by Gasteiger charge is 2.12. The van der Waals surface area contributed by atoms with E-state index in [1.807, 2.05) is 0 Å². The van der Waals surface area contributed by atoms with Crippen LogP contribution in [0.5, 0.6) is 0 Å². The van der Waals surface area contributed by atoms with Crippen molar-refractivity contribution in [2.75, 3.05) is 6.61 Å². The molecule has 0 aromatic carbocycles. The van der Waals surface area contributed by atoms with Crippen LogP contribution < -0.4 is 5.73 Å². The third-order valence-corrected chi connectivity index (χ3v) is 2.11. The maximum absolute atomic E-state index is 11.3. The third kappa shape index (κ3) is 15.6. The molecule has 4 N–H and O–H groups in total. The number of carboxylic acids is 1. The van der Waals surface area contributed by atoms with Gasteiger partial charge in [-0.3, -0.25) is 9.35 Å². The lowest BCUT2D eigenvalue weighted by Crippen LogP contribution is -2.09. The zero-order valence-corrected chi connectivity index (χ0v) is 12.6. The zero-order chi connectivity index (χ0) is 17.8. The summed E-state index contributed by atoms with van der Waals surface area (Å²) in [5.74, 6) is -2.87. The number of carboxylic acid groups (broad SMARTS) is 1. The molecule has 0 spiro atoms. The summed E-state index contributed by atoms with van der Waals surface area (Å²) in [6.07, 6.45) is 2.87. The lowest BCUT2D eigenvalue weighted by Gasteiger charge is -2.02. The maximum Gasteiger partial charge on any atom is 0.338 e. The molecule has 0 unspecified atom stereocenters. The van der Waals surface area contributed by atoms with Gasteiger partial charge in [-0.25, -0.2) is 9.59 Å². The Bertz CT molecular complexity index is 574. The predicted octanol–water partition coefficient (Wildman–Crippen LogP) is 0.00980.